The first-order valence-corrected chi connectivity index (χ1v) is 5.54. The Morgan fingerprint density at radius 2 is 2.00 bits per heavy atom. The van der Waals surface area contributed by atoms with Crippen molar-refractivity contribution in [1.82, 2.24) is 4.90 Å². The van der Waals surface area contributed by atoms with Gasteiger partial charge in [0.25, 0.3) is 0 Å². The monoisotopic (exact) mass is 215 g/mol. The van der Waals surface area contributed by atoms with Crippen molar-refractivity contribution in [2.24, 2.45) is 0 Å². The van der Waals surface area contributed by atoms with Crippen LogP contribution in [0.4, 0.5) is 0 Å². The van der Waals surface area contributed by atoms with Crippen molar-refractivity contribution in [2.45, 2.75) is 32.7 Å². The summed E-state index contributed by atoms with van der Waals surface area (Å²) in [6.07, 6.45) is 0.445. The van der Waals surface area contributed by atoms with Crippen LogP contribution in [0.5, 0.6) is 0 Å². The third-order valence-corrected chi connectivity index (χ3v) is 2.75. The molecule has 0 bridgehead atoms. The number of nitrogens with zero attached hydrogens (tertiary/aromatic N) is 1. The Morgan fingerprint density at radius 3 is 2.53 bits per heavy atom. The number of carbonyl (C=O) groups is 1. The molecule has 0 saturated carbocycles. The Hall–Kier alpha value is -0.610. The number of morpholine rings is 1. The van der Waals surface area contributed by atoms with E-state index in [2.05, 4.69) is 18.7 Å². The summed E-state index contributed by atoms with van der Waals surface area (Å²) in [6.45, 7) is 9.75. The molecule has 15 heavy (non-hydrogen) atoms. The van der Waals surface area contributed by atoms with Gasteiger partial charge in [-0.3, -0.25) is 9.69 Å². The molecule has 0 amide bonds. The maximum absolute atomic E-state index is 11.4. The number of carbonyl (C=O) groups excluding carboxylic acids is 1. The fourth-order valence-electron chi connectivity index (χ4n) is 1.85. The van der Waals surface area contributed by atoms with E-state index in [1.165, 1.54) is 0 Å². The molecule has 1 rings (SSSR count). The van der Waals surface area contributed by atoms with Crippen molar-refractivity contribution >= 4 is 5.97 Å². The molecule has 0 radical (unpaired) electrons. The van der Waals surface area contributed by atoms with Crippen LogP contribution in [-0.2, 0) is 14.3 Å². The standard InChI is InChI=1S/C11H21NO3/c1-4-15-10(13)9-11(2,3)12-5-7-14-8-6-12/h4-9H2,1-3H3. The van der Waals surface area contributed by atoms with Crippen molar-refractivity contribution in [3.05, 3.63) is 0 Å². The molecular weight excluding hydrogens is 194 g/mol. The first-order chi connectivity index (χ1) is 7.06. The van der Waals surface area contributed by atoms with Crippen LogP contribution in [0, 0.1) is 0 Å². The van der Waals surface area contributed by atoms with Gasteiger partial charge in [-0.2, -0.15) is 0 Å². The summed E-state index contributed by atoms with van der Waals surface area (Å²) >= 11 is 0. The zero-order valence-corrected chi connectivity index (χ0v) is 9.91. The minimum absolute atomic E-state index is 0.117. The van der Waals surface area contributed by atoms with Crippen LogP contribution in [0.1, 0.15) is 27.2 Å². The summed E-state index contributed by atoms with van der Waals surface area (Å²) in [5, 5.41) is 0. The molecule has 88 valence electrons. The molecule has 4 nitrogen and oxygen atoms in total. The number of hydrogen-bond acceptors (Lipinski definition) is 4. The van der Waals surface area contributed by atoms with E-state index in [0.29, 0.717) is 13.0 Å². The Bertz CT molecular complexity index is 210. The third-order valence-electron chi connectivity index (χ3n) is 2.75. The average molecular weight is 215 g/mol. The van der Waals surface area contributed by atoms with Gasteiger partial charge >= 0.3 is 5.97 Å². The van der Waals surface area contributed by atoms with Crippen LogP contribution in [0.25, 0.3) is 0 Å². The lowest BCUT2D eigenvalue weighted by Gasteiger charge is -2.40. The van der Waals surface area contributed by atoms with Gasteiger partial charge in [0.05, 0.1) is 26.2 Å². The van der Waals surface area contributed by atoms with Gasteiger partial charge < -0.3 is 9.47 Å². The molecule has 0 aromatic rings. The van der Waals surface area contributed by atoms with E-state index in [9.17, 15) is 4.79 Å². The van der Waals surface area contributed by atoms with Crippen LogP contribution < -0.4 is 0 Å². The maximum atomic E-state index is 11.4. The van der Waals surface area contributed by atoms with Gasteiger partial charge in [0.15, 0.2) is 0 Å². The Labute approximate surface area is 91.5 Å². The molecule has 4 heteroatoms. The summed E-state index contributed by atoms with van der Waals surface area (Å²) in [6, 6.07) is 0. The van der Waals surface area contributed by atoms with E-state index >= 15 is 0 Å². The summed E-state index contributed by atoms with van der Waals surface area (Å²) in [5.41, 5.74) is -0.129. The molecule has 0 aromatic heterocycles. The minimum atomic E-state index is -0.129. The van der Waals surface area contributed by atoms with Gasteiger partial charge in [0.2, 0.25) is 0 Å². The van der Waals surface area contributed by atoms with Crippen molar-refractivity contribution in [1.29, 1.82) is 0 Å². The van der Waals surface area contributed by atoms with Gasteiger partial charge in [0.1, 0.15) is 0 Å². The molecule has 0 N–H and O–H groups in total. The molecule has 0 aromatic carbocycles. The van der Waals surface area contributed by atoms with Crippen LogP contribution in [0.15, 0.2) is 0 Å². The summed E-state index contributed by atoms with van der Waals surface area (Å²) in [5.74, 6) is -0.117. The highest BCUT2D eigenvalue weighted by Crippen LogP contribution is 2.20. The highest BCUT2D eigenvalue weighted by Gasteiger charge is 2.30. The van der Waals surface area contributed by atoms with Gasteiger partial charge in [-0.1, -0.05) is 0 Å². The van der Waals surface area contributed by atoms with Gasteiger partial charge in [-0.25, -0.2) is 0 Å². The zero-order valence-electron chi connectivity index (χ0n) is 9.91. The second-order valence-electron chi connectivity index (χ2n) is 4.39. The minimum Gasteiger partial charge on any atom is -0.466 e. The molecule has 0 spiro atoms. The molecule has 1 fully saturated rings. The van der Waals surface area contributed by atoms with Crippen LogP contribution in [0.2, 0.25) is 0 Å². The lowest BCUT2D eigenvalue weighted by molar-refractivity contribution is -0.146. The van der Waals surface area contributed by atoms with Gasteiger partial charge in [-0.05, 0) is 20.8 Å². The van der Waals surface area contributed by atoms with E-state index in [1.54, 1.807) is 0 Å². The average Bonchev–Trinajstić information content (AvgIpc) is 2.18. The summed E-state index contributed by atoms with van der Waals surface area (Å²) < 4.78 is 10.3. The van der Waals surface area contributed by atoms with Crippen LogP contribution >= 0.6 is 0 Å². The van der Waals surface area contributed by atoms with E-state index in [1.807, 2.05) is 6.92 Å². The second kappa shape index (κ2) is 5.47. The SMILES string of the molecule is CCOC(=O)CC(C)(C)N1CCOCC1. The Kier molecular flexibility index (Phi) is 4.54. The fourth-order valence-corrected chi connectivity index (χ4v) is 1.85. The molecule has 1 aliphatic rings. The number of rotatable bonds is 4. The van der Waals surface area contributed by atoms with Gasteiger partial charge in [0, 0.05) is 18.6 Å². The molecule has 0 atom stereocenters. The highest BCUT2D eigenvalue weighted by atomic mass is 16.5. The smallest absolute Gasteiger partial charge is 0.307 e. The number of esters is 1. The number of ether oxygens (including phenoxy) is 2. The fraction of sp³-hybridized carbons (Fsp3) is 0.909. The molecule has 1 heterocycles. The Balaban J connectivity index is 2.45. The lowest BCUT2D eigenvalue weighted by Crippen LogP contribution is -2.51. The normalized spacial score (nSPS) is 18.9. The highest BCUT2D eigenvalue weighted by molar-refractivity contribution is 5.70. The molecule has 1 aliphatic heterocycles. The summed E-state index contributed by atoms with van der Waals surface area (Å²) in [7, 11) is 0. The first-order valence-electron chi connectivity index (χ1n) is 5.54. The third kappa shape index (κ3) is 3.80. The van der Waals surface area contributed by atoms with Crippen molar-refractivity contribution in [3.8, 4) is 0 Å². The van der Waals surface area contributed by atoms with Crippen LogP contribution in [-0.4, -0.2) is 49.3 Å². The van der Waals surface area contributed by atoms with Crippen molar-refractivity contribution in [3.63, 3.8) is 0 Å². The Morgan fingerprint density at radius 1 is 1.40 bits per heavy atom. The first kappa shape index (κ1) is 12.5. The van der Waals surface area contributed by atoms with E-state index in [0.717, 1.165) is 26.3 Å². The number of hydrogen-bond donors (Lipinski definition) is 0. The predicted octanol–water partition coefficient (Wildman–Crippen LogP) is 1.05. The van der Waals surface area contributed by atoms with E-state index in [-0.39, 0.29) is 11.5 Å². The second-order valence-corrected chi connectivity index (χ2v) is 4.39. The molecular formula is C11H21NO3. The van der Waals surface area contributed by atoms with Crippen LogP contribution in [0.3, 0.4) is 0 Å². The maximum Gasteiger partial charge on any atom is 0.307 e. The summed E-state index contributed by atoms with van der Waals surface area (Å²) in [4.78, 5) is 13.7. The molecule has 0 aliphatic carbocycles. The zero-order chi connectivity index (χ0) is 11.3. The molecule has 1 saturated heterocycles. The van der Waals surface area contributed by atoms with Crippen molar-refractivity contribution in [2.75, 3.05) is 32.9 Å². The predicted molar refractivity (Wildman–Crippen MR) is 57.7 cm³/mol. The van der Waals surface area contributed by atoms with Gasteiger partial charge in [-0.15, -0.1) is 0 Å². The van der Waals surface area contributed by atoms with Crippen molar-refractivity contribution < 1.29 is 14.3 Å². The topological polar surface area (TPSA) is 38.8 Å². The lowest BCUT2D eigenvalue weighted by atomic mass is 9.97. The quantitative estimate of drug-likeness (QED) is 0.657. The largest absolute Gasteiger partial charge is 0.466 e. The van der Waals surface area contributed by atoms with E-state index in [4.69, 9.17) is 9.47 Å². The molecule has 0 unspecified atom stereocenters. The van der Waals surface area contributed by atoms with E-state index < -0.39 is 0 Å².